The van der Waals surface area contributed by atoms with Crippen LogP contribution in [0.25, 0.3) is 0 Å². The van der Waals surface area contributed by atoms with E-state index in [1.807, 2.05) is 68.4 Å². The minimum Gasteiger partial charge on any atom is -0.494 e. The topological polar surface area (TPSA) is 79.8 Å². The van der Waals surface area contributed by atoms with E-state index in [-0.39, 0.29) is 35.5 Å². The molecule has 0 aliphatic carbocycles. The van der Waals surface area contributed by atoms with E-state index in [1.54, 1.807) is 0 Å². The minimum absolute atomic E-state index is 0. The van der Waals surface area contributed by atoms with Gasteiger partial charge in [0, 0.05) is 18.7 Å². The Hall–Kier alpha value is -1.81. The van der Waals surface area contributed by atoms with E-state index in [2.05, 4.69) is 15.6 Å². The fraction of sp³-hybridized carbons (Fsp3) is 0.409. The zero-order chi connectivity index (χ0) is 21.0. The van der Waals surface area contributed by atoms with Crippen molar-refractivity contribution in [2.24, 2.45) is 4.99 Å². The van der Waals surface area contributed by atoms with Crippen LogP contribution in [-0.2, 0) is 22.1 Å². The molecule has 0 fully saturated rings. The fourth-order valence-electron chi connectivity index (χ4n) is 2.84. The molecule has 2 aromatic rings. The third-order valence-electron chi connectivity index (χ3n) is 4.18. The Morgan fingerprint density at radius 1 is 1.00 bits per heavy atom. The summed E-state index contributed by atoms with van der Waals surface area (Å²) in [6.45, 7) is 6.31. The Morgan fingerprint density at radius 3 is 2.40 bits per heavy atom. The Kier molecular flexibility index (Phi) is 12.4. The number of nitrogens with zero attached hydrogens (tertiary/aromatic N) is 1. The van der Waals surface area contributed by atoms with Crippen LogP contribution in [0.4, 0.5) is 0 Å². The molecule has 0 aromatic heterocycles. The van der Waals surface area contributed by atoms with Crippen LogP contribution in [0.5, 0.6) is 5.75 Å². The summed E-state index contributed by atoms with van der Waals surface area (Å²) in [6, 6.07) is 17.1. The third kappa shape index (κ3) is 9.80. The molecule has 0 atom stereocenters. The third-order valence-corrected chi connectivity index (χ3v) is 5.86. The van der Waals surface area contributed by atoms with Gasteiger partial charge in [-0.1, -0.05) is 48.5 Å². The SMILES string of the molecule is CCNC(=NCc1ccccc1OCC)NCCCS(=O)(=O)Cc1ccccc1.I. The summed E-state index contributed by atoms with van der Waals surface area (Å²) < 4.78 is 30.2. The Morgan fingerprint density at radius 2 is 1.70 bits per heavy atom. The first-order chi connectivity index (χ1) is 14.0. The second-order valence-electron chi connectivity index (χ2n) is 6.59. The number of para-hydroxylation sites is 1. The molecule has 0 aliphatic rings. The van der Waals surface area contributed by atoms with E-state index in [4.69, 9.17) is 4.74 Å². The molecule has 2 aromatic carbocycles. The van der Waals surface area contributed by atoms with E-state index in [1.165, 1.54) is 0 Å². The van der Waals surface area contributed by atoms with Crippen molar-refractivity contribution in [2.45, 2.75) is 32.6 Å². The Balaban J connectivity index is 0.00000450. The molecule has 0 spiro atoms. The van der Waals surface area contributed by atoms with Crippen LogP contribution in [0, 0.1) is 0 Å². The Labute approximate surface area is 197 Å². The van der Waals surface area contributed by atoms with Crippen molar-refractivity contribution in [3.8, 4) is 5.75 Å². The van der Waals surface area contributed by atoms with Gasteiger partial charge in [0.15, 0.2) is 15.8 Å². The molecular weight excluding hydrogens is 513 g/mol. The number of hydrogen-bond acceptors (Lipinski definition) is 4. The molecule has 8 heteroatoms. The zero-order valence-corrected chi connectivity index (χ0v) is 20.8. The average molecular weight is 545 g/mol. The number of halogens is 1. The minimum atomic E-state index is -3.13. The van der Waals surface area contributed by atoms with Crippen LogP contribution < -0.4 is 15.4 Å². The van der Waals surface area contributed by atoms with E-state index in [0.29, 0.717) is 32.1 Å². The van der Waals surface area contributed by atoms with Crippen LogP contribution in [-0.4, -0.2) is 39.8 Å². The first-order valence-corrected chi connectivity index (χ1v) is 11.8. The van der Waals surface area contributed by atoms with Crippen LogP contribution in [0.2, 0.25) is 0 Å². The van der Waals surface area contributed by atoms with Crippen LogP contribution >= 0.6 is 24.0 Å². The van der Waals surface area contributed by atoms with Gasteiger partial charge in [-0.05, 0) is 31.9 Å². The van der Waals surface area contributed by atoms with Gasteiger partial charge in [-0.15, -0.1) is 24.0 Å². The van der Waals surface area contributed by atoms with Crippen molar-refractivity contribution in [1.82, 2.24) is 10.6 Å². The molecule has 0 amide bonds. The van der Waals surface area contributed by atoms with Gasteiger partial charge >= 0.3 is 0 Å². The van der Waals surface area contributed by atoms with Crippen molar-refractivity contribution in [3.63, 3.8) is 0 Å². The average Bonchev–Trinajstić information content (AvgIpc) is 2.71. The summed E-state index contributed by atoms with van der Waals surface area (Å²) >= 11 is 0. The summed E-state index contributed by atoms with van der Waals surface area (Å²) in [5.41, 5.74) is 1.83. The number of guanidine groups is 1. The van der Waals surface area contributed by atoms with Gasteiger partial charge in [-0.2, -0.15) is 0 Å². The van der Waals surface area contributed by atoms with Gasteiger partial charge in [0.2, 0.25) is 0 Å². The molecule has 2 N–H and O–H groups in total. The molecule has 30 heavy (non-hydrogen) atoms. The molecule has 0 saturated heterocycles. The second kappa shape index (κ2) is 14.2. The highest BCUT2D eigenvalue weighted by atomic mass is 127. The maximum atomic E-state index is 12.3. The monoisotopic (exact) mass is 545 g/mol. The Bertz CT molecular complexity index is 874. The van der Waals surface area contributed by atoms with Crippen LogP contribution in [0.3, 0.4) is 0 Å². The number of ether oxygens (including phenoxy) is 1. The lowest BCUT2D eigenvalue weighted by molar-refractivity contribution is 0.336. The normalized spacial score (nSPS) is 11.5. The molecule has 0 radical (unpaired) electrons. The number of nitrogens with one attached hydrogen (secondary N) is 2. The quantitative estimate of drug-likeness (QED) is 0.195. The van der Waals surface area contributed by atoms with E-state index in [0.717, 1.165) is 23.4 Å². The molecule has 0 saturated carbocycles. The highest BCUT2D eigenvalue weighted by Gasteiger charge is 2.11. The molecule has 0 bridgehead atoms. The van der Waals surface area contributed by atoms with Crippen molar-refractivity contribution in [2.75, 3.05) is 25.4 Å². The highest BCUT2D eigenvalue weighted by Crippen LogP contribution is 2.18. The first-order valence-electron chi connectivity index (χ1n) is 10.0. The van der Waals surface area contributed by atoms with Gasteiger partial charge in [0.1, 0.15) is 5.75 Å². The van der Waals surface area contributed by atoms with Crippen LogP contribution in [0.15, 0.2) is 59.6 Å². The van der Waals surface area contributed by atoms with Gasteiger partial charge in [0.25, 0.3) is 0 Å². The predicted octanol–water partition coefficient (Wildman–Crippen LogP) is 3.76. The highest BCUT2D eigenvalue weighted by molar-refractivity contribution is 14.0. The molecular formula is C22H32IN3O3S. The van der Waals surface area contributed by atoms with Crippen molar-refractivity contribution < 1.29 is 13.2 Å². The summed E-state index contributed by atoms with van der Waals surface area (Å²) in [5, 5.41) is 6.40. The molecule has 6 nitrogen and oxygen atoms in total. The number of aliphatic imine (C=N–C) groups is 1. The maximum absolute atomic E-state index is 12.3. The lowest BCUT2D eigenvalue weighted by Gasteiger charge is -2.13. The summed E-state index contributed by atoms with van der Waals surface area (Å²) in [6.07, 6.45) is 0.523. The van der Waals surface area contributed by atoms with Gasteiger partial charge in [-0.25, -0.2) is 13.4 Å². The van der Waals surface area contributed by atoms with Crippen molar-refractivity contribution >= 4 is 39.8 Å². The van der Waals surface area contributed by atoms with E-state index >= 15 is 0 Å². The molecule has 0 unspecified atom stereocenters. The molecule has 0 heterocycles. The standard InChI is InChI=1S/C22H31N3O3S.HI/c1-3-23-22(25-17-20-13-8-9-14-21(20)28-4-2)24-15-10-16-29(26,27)18-19-11-6-5-7-12-19;/h5-9,11-14H,3-4,10,15-18H2,1-2H3,(H2,23,24,25);1H. The van der Waals surface area contributed by atoms with Gasteiger partial charge in [-0.3, -0.25) is 0 Å². The number of rotatable bonds is 11. The summed E-state index contributed by atoms with van der Waals surface area (Å²) in [5.74, 6) is 1.72. The molecule has 0 aliphatic heterocycles. The lowest BCUT2D eigenvalue weighted by atomic mass is 10.2. The number of benzene rings is 2. The van der Waals surface area contributed by atoms with Crippen LogP contribution in [0.1, 0.15) is 31.4 Å². The second-order valence-corrected chi connectivity index (χ2v) is 8.78. The predicted molar refractivity (Wildman–Crippen MR) is 134 cm³/mol. The largest absolute Gasteiger partial charge is 0.494 e. The maximum Gasteiger partial charge on any atom is 0.191 e. The number of sulfone groups is 1. The van der Waals surface area contributed by atoms with Gasteiger partial charge < -0.3 is 15.4 Å². The van der Waals surface area contributed by atoms with E-state index in [9.17, 15) is 8.42 Å². The lowest BCUT2D eigenvalue weighted by Crippen LogP contribution is -2.38. The van der Waals surface area contributed by atoms with E-state index < -0.39 is 9.84 Å². The van der Waals surface area contributed by atoms with Crippen molar-refractivity contribution in [3.05, 3.63) is 65.7 Å². The summed E-state index contributed by atoms with van der Waals surface area (Å²) in [4.78, 5) is 4.59. The first kappa shape index (κ1) is 26.2. The number of hydrogen-bond donors (Lipinski definition) is 2. The van der Waals surface area contributed by atoms with Gasteiger partial charge in [0.05, 0.1) is 24.7 Å². The summed E-state index contributed by atoms with van der Waals surface area (Å²) in [7, 11) is -3.13. The fourth-order valence-corrected chi connectivity index (χ4v) is 4.26. The smallest absolute Gasteiger partial charge is 0.191 e. The van der Waals surface area contributed by atoms with Crippen molar-refractivity contribution in [1.29, 1.82) is 0 Å². The zero-order valence-electron chi connectivity index (χ0n) is 17.6. The molecule has 166 valence electrons. The molecule has 2 rings (SSSR count).